The van der Waals surface area contributed by atoms with Gasteiger partial charge >= 0.3 is 6.09 Å². The smallest absolute Gasteiger partial charge is 0.412 e. The Morgan fingerprint density at radius 3 is 1.51 bits per heavy atom. The second kappa shape index (κ2) is 12.6. The largest absolute Gasteiger partial charge is 0.444 e. The van der Waals surface area contributed by atoms with Gasteiger partial charge < -0.3 is 21.1 Å². The van der Waals surface area contributed by atoms with E-state index in [-0.39, 0.29) is 11.8 Å². The molecule has 2 aromatic carbocycles. The molecule has 12 heteroatoms. The summed E-state index contributed by atoms with van der Waals surface area (Å²) in [5.41, 5.74) is 7.57. The van der Waals surface area contributed by atoms with Gasteiger partial charge in [-0.1, -0.05) is 0 Å². The van der Waals surface area contributed by atoms with Gasteiger partial charge in [0.2, 0.25) is 0 Å². The molecule has 0 aliphatic rings. The van der Waals surface area contributed by atoms with Crippen molar-refractivity contribution in [1.29, 1.82) is 0 Å². The van der Waals surface area contributed by atoms with Crippen LogP contribution in [0.25, 0.3) is 0 Å². The summed E-state index contributed by atoms with van der Waals surface area (Å²) in [5, 5.41) is 12.4. The van der Waals surface area contributed by atoms with E-state index in [9.17, 15) is 14.4 Å². The fourth-order valence-corrected chi connectivity index (χ4v) is 3.73. The second-order valence-electron chi connectivity index (χ2n) is 8.41. The third-order valence-electron chi connectivity index (χ3n) is 4.21. The van der Waals surface area contributed by atoms with Crippen molar-refractivity contribution in [3.05, 3.63) is 81.7 Å². The average Bonchev–Trinajstić information content (AvgIpc) is 3.56. The Morgan fingerprint density at radius 1 is 0.730 bits per heavy atom. The van der Waals surface area contributed by atoms with Crippen LogP contribution in [0.1, 0.15) is 40.4 Å². The van der Waals surface area contributed by atoms with Gasteiger partial charge in [-0.3, -0.25) is 14.9 Å². The highest BCUT2D eigenvalue weighted by molar-refractivity contribution is 7.12. The number of carbonyl (C=O) groups is 3. The van der Waals surface area contributed by atoms with Crippen molar-refractivity contribution < 1.29 is 19.1 Å². The number of carbonyl (C=O) groups excluding carboxylic acids is 3. The van der Waals surface area contributed by atoms with E-state index >= 15 is 0 Å². The molecule has 37 heavy (non-hydrogen) atoms. The molecule has 0 spiro atoms. The van der Waals surface area contributed by atoms with E-state index in [4.69, 9.17) is 10.5 Å². The molecule has 0 saturated heterocycles. The van der Waals surface area contributed by atoms with Crippen molar-refractivity contribution in [3.63, 3.8) is 0 Å². The van der Waals surface area contributed by atoms with Crippen LogP contribution in [0.15, 0.2) is 71.7 Å². The van der Waals surface area contributed by atoms with E-state index in [1.54, 1.807) is 92.5 Å². The zero-order valence-corrected chi connectivity index (χ0v) is 22.0. The Labute approximate surface area is 221 Å². The zero-order valence-electron chi connectivity index (χ0n) is 20.3. The standard InChI is InChI=1S/C15H17N3O3S.C10H9N3OS/c1-15(2,3)21-14(20)18-11-6-4-10(5-7-11)17-12(19)13-16-8-9-22-13;11-7-1-3-8(4-2-7)13-9(14)10-12-5-6-15-10/h4-9H,1-3H3,(H,17,19)(H,18,20);1-6H,11H2,(H,13,14). The molecule has 5 N–H and O–H groups in total. The van der Waals surface area contributed by atoms with Gasteiger partial charge in [0.05, 0.1) is 0 Å². The number of benzene rings is 2. The van der Waals surface area contributed by atoms with Crippen LogP contribution in [0.2, 0.25) is 0 Å². The van der Waals surface area contributed by atoms with Gasteiger partial charge in [0.1, 0.15) is 5.60 Å². The van der Waals surface area contributed by atoms with Gasteiger partial charge in [0, 0.05) is 45.9 Å². The lowest BCUT2D eigenvalue weighted by molar-refractivity contribution is 0.0635. The minimum atomic E-state index is -0.550. The summed E-state index contributed by atoms with van der Waals surface area (Å²) >= 11 is 2.58. The Balaban J connectivity index is 0.000000220. The van der Waals surface area contributed by atoms with Gasteiger partial charge in [-0.05, 0) is 69.3 Å². The molecule has 2 heterocycles. The molecule has 0 saturated carbocycles. The number of nitrogens with one attached hydrogen (secondary N) is 3. The number of amides is 3. The maximum absolute atomic E-state index is 11.8. The molecule has 192 valence electrons. The molecule has 0 radical (unpaired) electrons. The number of nitrogens with two attached hydrogens (primary N) is 1. The number of aromatic nitrogens is 2. The van der Waals surface area contributed by atoms with E-state index in [0.29, 0.717) is 32.8 Å². The summed E-state index contributed by atoms with van der Waals surface area (Å²) in [6, 6.07) is 13.7. The Hall–Kier alpha value is -4.29. The molecule has 0 fully saturated rings. The first kappa shape index (κ1) is 27.3. The van der Waals surface area contributed by atoms with Crippen molar-refractivity contribution in [3.8, 4) is 0 Å². The van der Waals surface area contributed by atoms with Crippen LogP contribution in [0.3, 0.4) is 0 Å². The normalized spacial score (nSPS) is 10.5. The van der Waals surface area contributed by atoms with E-state index in [2.05, 4.69) is 25.9 Å². The van der Waals surface area contributed by atoms with Crippen molar-refractivity contribution >= 4 is 63.3 Å². The summed E-state index contributed by atoms with van der Waals surface area (Å²) in [5.74, 6) is -0.461. The molecule has 4 rings (SSSR count). The Morgan fingerprint density at radius 2 is 1.14 bits per heavy atom. The average molecular weight is 539 g/mol. The van der Waals surface area contributed by atoms with E-state index in [1.165, 1.54) is 22.7 Å². The van der Waals surface area contributed by atoms with Crippen LogP contribution in [0.5, 0.6) is 0 Å². The molecule has 10 nitrogen and oxygen atoms in total. The molecular formula is C25H26N6O4S2. The molecule has 4 aromatic rings. The molecule has 3 amide bonds. The van der Waals surface area contributed by atoms with Gasteiger partial charge in [-0.15, -0.1) is 22.7 Å². The highest BCUT2D eigenvalue weighted by Crippen LogP contribution is 2.17. The number of nitrogen functional groups attached to an aromatic ring is 1. The highest BCUT2D eigenvalue weighted by atomic mass is 32.1. The van der Waals surface area contributed by atoms with Gasteiger partial charge in [-0.2, -0.15) is 0 Å². The fourth-order valence-electron chi connectivity index (χ4n) is 2.67. The minimum absolute atomic E-state index is 0.199. The Bertz CT molecular complexity index is 1300. The lowest BCUT2D eigenvalue weighted by Gasteiger charge is -2.19. The van der Waals surface area contributed by atoms with Crippen molar-refractivity contribution in [2.24, 2.45) is 0 Å². The number of thiazole rings is 2. The fraction of sp³-hybridized carbons (Fsp3) is 0.160. The summed E-state index contributed by atoms with van der Waals surface area (Å²) in [6.07, 6.45) is 2.66. The molecule has 2 aromatic heterocycles. The van der Waals surface area contributed by atoms with Crippen LogP contribution >= 0.6 is 22.7 Å². The van der Waals surface area contributed by atoms with Crippen LogP contribution in [-0.4, -0.2) is 33.5 Å². The predicted octanol–water partition coefficient (Wildman–Crippen LogP) is 5.72. The number of hydrogen-bond donors (Lipinski definition) is 4. The summed E-state index contributed by atoms with van der Waals surface area (Å²) < 4.78 is 5.16. The SMILES string of the molecule is CC(C)(C)OC(=O)Nc1ccc(NC(=O)c2nccs2)cc1.Nc1ccc(NC(=O)c2nccs2)cc1. The van der Waals surface area contributed by atoms with Crippen molar-refractivity contribution in [2.75, 3.05) is 21.7 Å². The monoisotopic (exact) mass is 538 g/mol. The number of ether oxygens (including phenoxy) is 1. The predicted molar refractivity (Wildman–Crippen MR) is 147 cm³/mol. The van der Waals surface area contributed by atoms with Gasteiger partial charge in [0.15, 0.2) is 10.0 Å². The quantitative estimate of drug-likeness (QED) is 0.237. The lowest BCUT2D eigenvalue weighted by Crippen LogP contribution is -2.27. The number of hydrogen-bond acceptors (Lipinski definition) is 9. The third kappa shape index (κ3) is 9.35. The van der Waals surface area contributed by atoms with Crippen LogP contribution in [0, 0.1) is 0 Å². The first-order chi connectivity index (χ1) is 17.6. The Kier molecular flexibility index (Phi) is 9.30. The number of nitrogens with zero attached hydrogens (tertiary/aromatic N) is 2. The van der Waals surface area contributed by atoms with Crippen molar-refractivity contribution in [1.82, 2.24) is 9.97 Å². The highest BCUT2D eigenvalue weighted by Gasteiger charge is 2.16. The topological polar surface area (TPSA) is 148 Å². The summed E-state index contributed by atoms with van der Waals surface area (Å²) in [4.78, 5) is 42.9. The van der Waals surface area contributed by atoms with Gasteiger partial charge in [0.25, 0.3) is 11.8 Å². The van der Waals surface area contributed by atoms with Gasteiger partial charge in [-0.25, -0.2) is 14.8 Å². The molecular weight excluding hydrogens is 512 g/mol. The molecule has 0 aliphatic carbocycles. The lowest BCUT2D eigenvalue weighted by atomic mass is 10.2. The number of anilines is 4. The molecule has 0 unspecified atom stereocenters. The van der Waals surface area contributed by atoms with Crippen molar-refractivity contribution in [2.45, 2.75) is 26.4 Å². The minimum Gasteiger partial charge on any atom is -0.444 e. The summed E-state index contributed by atoms with van der Waals surface area (Å²) in [6.45, 7) is 5.39. The van der Waals surface area contributed by atoms with E-state index in [1.807, 2.05) is 0 Å². The van der Waals surface area contributed by atoms with Crippen LogP contribution in [0.4, 0.5) is 27.5 Å². The maximum Gasteiger partial charge on any atom is 0.412 e. The third-order valence-corrected chi connectivity index (χ3v) is 5.75. The maximum atomic E-state index is 11.8. The van der Waals surface area contributed by atoms with Crippen LogP contribution in [-0.2, 0) is 4.74 Å². The number of rotatable bonds is 5. The first-order valence-electron chi connectivity index (χ1n) is 11.0. The molecule has 0 bridgehead atoms. The van der Waals surface area contributed by atoms with E-state index in [0.717, 1.165) is 0 Å². The van der Waals surface area contributed by atoms with Crippen LogP contribution < -0.4 is 21.7 Å². The summed E-state index contributed by atoms with van der Waals surface area (Å²) in [7, 11) is 0. The molecule has 0 atom stereocenters. The van der Waals surface area contributed by atoms with E-state index < -0.39 is 11.7 Å². The zero-order chi connectivity index (χ0) is 26.8. The molecule has 0 aliphatic heterocycles. The first-order valence-corrected chi connectivity index (χ1v) is 12.7. The second-order valence-corrected chi connectivity index (χ2v) is 10.2.